The van der Waals surface area contributed by atoms with Crippen molar-refractivity contribution >= 4 is 35.2 Å². The zero-order valence-electron chi connectivity index (χ0n) is 14.0. The third-order valence-corrected chi connectivity index (χ3v) is 4.75. The number of amides is 1. The lowest BCUT2D eigenvalue weighted by molar-refractivity contribution is -0.147. The second-order valence-electron chi connectivity index (χ2n) is 5.44. The van der Waals surface area contributed by atoms with E-state index in [0.717, 1.165) is 10.6 Å². The first-order valence-corrected chi connectivity index (χ1v) is 9.26. The van der Waals surface area contributed by atoms with Crippen molar-refractivity contribution < 1.29 is 14.3 Å². The minimum atomic E-state index is -0.475. The number of carbonyl (C=O) groups is 2. The highest BCUT2D eigenvalue weighted by Gasteiger charge is 2.10. The Morgan fingerprint density at radius 1 is 1.12 bits per heavy atom. The summed E-state index contributed by atoms with van der Waals surface area (Å²) in [5.41, 5.74) is 1.90. The van der Waals surface area contributed by atoms with Crippen LogP contribution >= 0.6 is 23.4 Å². The van der Waals surface area contributed by atoms with Gasteiger partial charge in [-0.1, -0.05) is 47.5 Å². The molecular formula is C19H20ClNO3S. The number of hydrogen-bond acceptors (Lipinski definition) is 4. The lowest BCUT2D eigenvalue weighted by atomic mass is 10.1. The van der Waals surface area contributed by atoms with Crippen molar-refractivity contribution in [1.82, 2.24) is 5.32 Å². The van der Waals surface area contributed by atoms with Crippen LogP contribution in [0.1, 0.15) is 11.1 Å². The van der Waals surface area contributed by atoms with Crippen molar-refractivity contribution in [3.05, 3.63) is 64.7 Å². The summed E-state index contributed by atoms with van der Waals surface area (Å²) in [5.74, 6) is -0.0307. The summed E-state index contributed by atoms with van der Waals surface area (Å²) in [7, 11) is 0. The number of rotatable bonds is 8. The van der Waals surface area contributed by atoms with Gasteiger partial charge in [-0.15, -0.1) is 11.8 Å². The molecule has 25 heavy (non-hydrogen) atoms. The van der Waals surface area contributed by atoms with Crippen LogP contribution in [0, 0.1) is 6.92 Å². The van der Waals surface area contributed by atoms with Gasteiger partial charge in [-0.3, -0.25) is 9.59 Å². The molecule has 0 heterocycles. The Kier molecular flexibility index (Phi) is 7.82. The summed E-state index contributed by atoms with van der Waals surface area (Å²) < 4.78 is 4.97. The molecule has 0 saturated carbocycles. The Labute approximate surface area is 156 Å². The Bertz CT molecular complexity index is 719. The number of aryl methyl sites for hydroxylation is 1. The van der Waals surface area contributed by atoms with Gasteiger partial charge < -0.3 is 10.1 Å². The second-order valence-corrected chi connectivity index (χ2v) is 7.02. The number of thioether (sulfide) groups is 1. The molecule has 0 spiro atoms. The lowest BCUT2D eigenvalue weighted by Crippen LogP contribution is -2.30. The van der Waals surface area contributed by atoms with Crippen LogP contribution in [0.25, 0.3) is 0 Å². The van der Waals surface area contributed by atoms with Gasteiger partial charge in [0.2, 0.25) is 0 Å². The van der Waals surface area contributed by atoms with Crippen molar-refractivity contribution in [2.24, 2.45) is 0 Å². The molecule has 2 aromatic rings. The maximum atomic E-state index is 11.7. The average molecular weight is 378 g/mol. The Morgan fingerprint density at radius 3 is 2.56 bits per heavy atom. The zero-order chi connectivity index (χ0) is 18.1. The summed E-state index contributed by atoms with van der Waals surface area (Å²) in [6, 6.07) is 15.3. The van der Waals surface area contributed by atoms with Crippen LogP contribution in [0.3, 0.4) is 0 Å². The van der Waals surface area contributed by atoms with Gasteiger partial charge in [0.25, 0.3) is 5.91 Å². The van der Waals surface area contributed by atoms with Crippen molar-refractivity contribution in [1.29, 1.82) is 0 Å². The van der Waals surface area contributed by atoms with E-state index in [2.05, 4.69) is 29.6 Å². The third kappa shape index (κ3) is 7.20. The summed E-state index contributed by atoms with van der Waals surface area (Å²) in [4.78, 5) is 24.6. The van der Waals surface area contributed by atoms with E-state index < -0.39 is 5.97 Å². The van der Waals surface area contributed by atoms with Crippen LogP contribution in [0.4, 0.5) is 0 Å². The summed E-state index contributed by atoms with van der Waals surface area (Å²) in [6.45, 7) is 2.28. The fraction of sp³-hybridized carbons (Fsp3) is 0.263. The molecule has 0 aliphatic heterocycles. The minimum Gasteiger partial charge on any atom is -0.455 e. The van der Waals surface area contributed by atoms with Crippen molar-refractivity contribution in [3.63, 3.8) is 0 Å². The summed E-state index contributed by atoms with van der Waals surface area (Å²) >= 11 is 7.65. The molecule has 0 aliphatic rings. The Balaban J connectivity index is 1.61. The van der Waals surface area contributed by atoms with Crippen LogP contribution in [-0.4, -0.2) is 30.8 Å². The third-order valence-electron chi connectivity index (χ3n) is 3.37. The highest BCUT2D eigenvalue weighted by Crippen LogP contribution is 2.17. The maximum absolute atomic E-state index is 11.7. The normalized spacial score (nSPS) is 10.3. The monoisotopic (exact) mass is 377 g/mol. The predicted molar refractivity (Wildman–Crippen MR) is 101 cm³/mol. The molecule has 2 rings (SSSR count). The van der Waals surface area contributed by atoms with Gasteiger partial charge >= 0.3 is 5.97 Å². The van der Waals surface area contributed by atoms with Crippen LogP contribution in [-0.2, 0) is 20.7 Å². The van der Waals surface area contributed by atoms with E-state index in [1.54, 1.807) is 36.0 Å². The quantitative estimate of drug-likeness (QED) is 0.433. The molecule has 6 heteroatoms. The van der Waals surface area contributed by atoms with E-state index in [1.165, 1.54) is 5.56 Å². The van der Waals surface area contributed by atoms with E-state index in [1.807, 2.05) is 6.92 Å². The number of carbonyl (C=O) groups excluding carboxylic acids is 2. The van der Waals surface area contributed by atoms with E-state index >= 15 is 0 Å². The summed E-state index contributed by atoms with van der Waals surface area (Å²) in [5, 5.41) is 3.24. The van der Waals surface area contributed by atoms with Gasteiger partial charge in [-0.05, 0) is 30.7 Å². The number of benzene rings is 2. The molecule has 0 aromatic heterocycles. The molecule has 0 saturated heterocycles. The molecule has 0 bridgehead atoms. The molecule has 0 unspecified atom stereocenters. The van der Waals surface area contributed by atoms with Gasteiger partial charge in [0.15, 0.2) is 6.61 Å². The zero-order valence-corrected chi connectivity index (χ0v) is 15.5. The van der Waals surface area contributed by atoms with Crippen molar-refractivity contribution in [2.45, 2.75) is 18.2 Å². The number of ether oxygens (including phenoxy) is 1. The van der Waals surface area contributed by atoms with Crippen molar-refractivity contribution in [2.75, 3.05) is 18.9 Å². The topological polar surface area (TPSA) is 55.4 Å². The second kappa shape index (κ2) is 10.1. The average Bonchev–Trinajstić information content (AvgIpc) is 2.60. The lowest BCUT2D eigenvalue weighted by Gasteiger charge is -2.07. The molecule has 1 amide bonds. The number of hydrogen-bond donors (Lipinski definition) is 1. The van der Waals surface area contributed by atoms with E-state index in [9.17, 15) is 9.59 Å². The SMILES string of the molecule is Cc1ccc(SCCNC(=O)COC(=O)Cc2ccccc2Cl)cc1. The van der Waals surface area contributed by atoms with Gasteiger partial charge in [0.1, 0.15) is 0 Å². The van der Waals surface area contributed by atoms with E-state index in [-0.39, 0.29) is 18.9 Å². The largest absolute Gasteiger partial charge is 0.455 e. The molecule has 4 nitrogen and oxygen atoms in total. The van der Waals surface area contributed by atoms with Crippen LogP contribution in [0.15, 0.2) is 53.4 Å². The predicted octanol–water partition coefficient (Wildman–Crippen LogP) is 3.64. The van der Waals surface area contributed by atoms with E-state index in [4.69, 9.17) is 16.3 Å². The minimum absolute atomic E-state index is 0.0518. The number of halogens is 1. The first-order valence-electron chi connectivity index (χ1n) is 7.90. The fourth-order valence-electron chi connectivity index (χ4n) is 2.04. The highest BCUT2D eigenvalue weighted by molar-refractivity contribution is 7.99. The fourth-order valence-corrected chi connectivity index (χ4v) is 3.01. The standard InChI is InChI=1S/C19H20ClNO3S/c1-14-6-8-16(9-7-14)25-11-10-21-18(22)13-24-19(23)12-15-4-2-3-5-17(15)20/h2-9H,10-13H2,1H3,(H,21,22). The first-order chi connectivity index (χ1) is 12.0. The van der Waals surface area contributed by atoms with Crippen LogP contribution in [0.2, 0.25) is 5.02 Å². The van der Waals surface area contributed by atoms with Crippen LogP contribution in [0.5, 0.6) is 0 Å². The molecule has 1 N–H and O–H groups in total. The Hall–Kier alpha value is -1.98. The highest BCUT2D eigenvalue weighted by atomic mass is 35.5. The molecule has 0 atom stereocenters. The summed E-state index contributed by atoms with van der Waals surface area (Å²) in [6.07, 6.45) is 0.0518. The maximum Gasteiger partial charge on any atom is 0.310 e. The molecule has 0 aliphatic carbocycles. The number of nitrogens with one attached hydrogen (secondary N) is 1. The Morgan fingerprint density at radius 2 is 1.84 bits per heavy atom. The van der Waals surface area contributed by atoms with Gasteiger partial charge in [-0.2, -0.15) is 0 Å². The van der Waals surface area contributed by atoms with Crippen molar-refractivity contribution in [3.8, 4) is 0 Å². The molecule has 132 valence electrons. The smallest absolute Gasteiger partial charge is 0.310 e. The van der Waals surface area contributed by atoms with E-state index in [0.29, 0.717) is 17.1 Å². The van der Waals surface area contributed by atoms with Gasteiger partial charge in [0.05, 0.1) is 6.42 Å². The first kappa shape index (κ1) is 19.3. The molecular weight excluding hydrogens is 358 g/mol. The molecule has 0 radical (unpaired) electrons. The van der Waals surface area contributed by atoms with Crippen LogP contribution < -0.4 is 5.32 Å². The van der Waals surface area contributed by atoms with Gasteiger partial charge in [-0.25, -0.2) is 0 Å². The number of esters is 1. The van der Waals surface area contributed by atoms with Gasteiger partial charge in [0, 0.05) is 22.2 Å². The molecule has 2 aromatic carbocycles. The molecule has 0 fully saturated rings.